The molecule has 162 valence electrons. The van der Waals surface area contributed by atoms with Gasteiger partial charge in [0.15, 0.2) is 5.60 Å². The standard InChI is InChI=1S/C23H20ClF3N2O2/c24-17-6-7-19-20(14-17)31-22(21-5-2-10-29(19)21)8-11-28(12-9-22)15-16-3-1-4-18(13-16)30-23(25,26)27/h1-7,10,13-14H,8-9,11-12,15H2. The maximum atomic E-state index is 12.5. The van der Waals surface area contributed by atoms with E-state index in [9.17, 15) is 13.2 Å². The molecule has 2 aliphatic heterocycles. The van der Waals surface area contributed by atoms with E-state index in [1.807, 2.05) is 36.5 Å². The highest BCUT2D eigenvalue weighted by Crippen LogP contribution is 2.45. The summed E-state index contributed by atoms with van der Waals surface area (Å²) in [6.45, 7) is 2.06. The van der Waals surface area contributed by atoms with Crippen molar-refractivity contribution in [1.82, 2.24) is 9.47 Å². The largest absolute Gasteiger partial charge is 0.573 e. The minimum absolute atomic E-state index is 0.194. The molecule has 0 radical (unpaired) electrons. The molecule has 1 aromatic heterocycles. The summed E-state index contributed by atoms with van der Waals surface area (Å²) in [5.74, 6) is 0.571. The molecule has 0 atom stereocenters. The van der Waals surface area contributed by atoms with Crippen LogP contribution in [0, 0.1) is 0 Å². The van der Waals surface area contributed by atoms with Gasteiger partial charge in [-0.1, -0.05) is 23.7 Å². The molecule has 0 N–H and O–H groups in total. The third-order valence-electron chi connectivity index (χ3n) is 5.90. The van der Waals surface area contributed by atoms with E-state index in [2.05, 4.69) is 20.3 Å². The lowest BCUT2D eigenvalue weighted by atomic mass is 9.86. The molecule has 0 saturated carbocycles. The van der Waals surface area contributed by atoms with Crippen molar-refractivity contribution in [3.63, 3.8) is 0 Å². The molecule has 0 aliphatic carbocycles. The fourth-order valence-electron chi connectivity index (χ4n) is 4.52. The average molecular weight is 449 g/mol. The van der Waals surface area contributed by atoms with E-state index in [0.717, 1.165) is 48.6 Å². The van der Waals surface area contributed by atoms with Crippen molar-refractivity contribution < 1.29 is 22.6 Å². The molecular weight excluding hydrogens is 429 g/mol. The van der Waals surface area contributed by atoms with E-state index in [1.54, 1.807) is 6.07 Å². The quantitative estimate of drug-likeness (QED) is 0.498. The highest BCUT2D eigenvalue weighted by atomic mass is 35.5. The number of likely N-dealkylation sites (tertiary alicyclic amines) is 1. The molecule has 0 amide bonds. The van der Waals surface area contributed by atoms with Crippen molar-refractivity contribution in [2.45, 2.75) is 31.3 Å². The molecule has 4 nitrogen and oxygen atoms in total. The van der Waals surface area contributed by atoms with Crippen LogP contribution in [0.15, 0.2) is 60.8 Å². The Morgan fingerprint density at radius 3 is 2.61 bits per heavy atom. The van der Waals surface area contributed by atoms with Gasteiger partial charge in [0.2, 0.25) is 0 Å². The molecular formula is C23H20ClF3N2O2. The summed E-state index contributed by atoms with van der Waals surface area (Å²) in [6.07, 6.45) is -1.13. The third kappa shape index (κ3) is 4.00. The Morgan fingerprint density at radius 1 is 1.03 bits per heavy atom. The van der Waals surface area contributed by atoms with Gasteiger partial charge < -0.3 is 14.0 Å². The normalized spacial score (nSPS) is 17.7. The van der Waals surface area contributed by atoms with Crippen LogP contribution in [0.5, 0.6) is 11.5 Å². The molecule has 5 rings (SSSR count). The number of benzene rings is 2. The molecule has 1 fully saturated rings. The number of alkyl halides is 3. The Morgan fingerprint density at radius 2 is 1.84 bits per heavy atom. The van der Waals surface area contributed by atoms with Gasteiger partial charge >= 0.3 is 6.36 Å². The maximum Gasteiger partial charge on any atom is 0.573 e. The van der Waals surface area contributed by atoms with Gasteiger partial charge in [-0.15, -0.1) is 13.2 Å². The van der Waals surface area contributed by atoms with Crippen LogP contribution in [-0.4, -0.2) is 28.9 Å². The first kappa shape index (κ1) is 20.3. The predicted octanol–water partition coefficient (Wildman–Crippen LogP) is 5.91. The first-order valence-electron chi connectivity index (χ1n) is 10.1. The van der Waals surface area contributed by atoms with Gasteiger partial charge in [-0.2, -0.15) is 0 Å². The van der Waals surface area contributed by atoms with Crippen LogP contribution >= 0.6 is 11.6 Å². The molecule has 8 heteroatoms. The Kier molecular flexibility index (Phi) is 4.90. The van der Waals surface area contributed by atoms with Gasteiger partial charge in [-0.05, 0) is 42.0 Å². The fourth-order valence-corrected chi connectivity index (χ4v) is 4.69. The highest BCUT2D eigenvalue weighted by molar-refractivity contribution is 6.30. The number of piperidine rings is 1. The van der Waals surface area contributed by atoms with Gasteiger partial charge in [0.1, 0.15) is 11.5 Å². The van der Waals surface area contributed by atoms with E-state index in [4.69, 9.17) is 16.3 Å². The summed E-state index contributed by atoms with van der Waals surface area (Å²) in [4.78, 5) is 2.22. The first-order chi connectivity index (χ1) is 14.8. The third-order valence-corrected chi connectivity index (χ3v) is 6.14. The maximum absolute atomic E-state index is 12.5. The number of rotatable bonds is 3. The number of ether oxygens (including phenoxy) is 2. The molecule has 3 heterocycles. The molecule has 2 aliphatic rings. The smallest absolute Gasteiger partial charge is 0.479 e. The minimum atomic E-state index is -4.69. The Hall–Kier alpha value is -2.64. The van der Waals surface area contributed by atoms with Crippen LogP contribution in [0.1, 0.15) is 24.1 Å². The zero-order chi connectivity index (χ0) is 21.6. The lowest BCUT2D eigenvalue weighted by Crippen LogP contribution is -2.48. The van der Waals surface area contributed by atoms with E-state index in [0.29, 0.717) is 11.6 Å². The molecule has 0 unspecified atom stereocenters. The van der Waals surface area contributed by atoms with E-state index < -0.39 is 12.0 Å². The second kappa shape index (κ2) is 7.50. The highest BCUT2D eigenvalue weighted by Gasteiger charge is 2.43. The number of hydrogen-bond acceptors (Lipinski definition) is 3. The van der Waals surface area contributed by atoms with Crippen molar-refractivity contribution in [3.8, 4) is 17.2 Å². The SMILES string of the molecule is FC(F)(F)Oc1cccc(CN2CCC3(CC2)Oc2cc(Cl)ccc2-n2cccc23)c1. The van der Waals surface area contributed by atoms with Crippen molar-refractivity contribution in [1.29, 1.82) is 0 Å². The van der Waals surface area contributed by atoms with Crippen LogP contribution in [0.4, 0.5) is 13.2 Å². The lowest BCUT2D eigenvalue weighted by molar-refractivity contribution is -0.274. The number of hydrogen-bond donors (Lipinski definition) is 0. The van der Waals surface area contributed by atoms with Gasteiger partial charge in [-0.25, -0.2) is 0 Å². The molecule has 2 aromatic carbocycles. The monoisotopic (exact) mass is 448 g/mol. The number of aromatic nitrogens is 1. The summed E-state index contributed by atoms with van der Waals surface area (Å²) in [5.41, 5.74) is 2.42. The van der Waals surface area contributed by atoms with Gasteiger partial charge in [0, 0.05) is 49.8 Å². The Bertz CT molecular complexity index is 1100. The summed E-state index contributed by atoms with van der Waals surface area (Å²) >= 11 is 6.19. The number of fused-ring (bicyclic) bond motifs is 4. The zero-order valence-corrected chi connectivity index (χ0v) is 17.3. The van der Waals surface area contributed by atoms with Crippen LogP contribution in [-0.2, 0) is 12.1 Å². The second-order valence-corrected chi connectivity index (χ2v) is 8.38. The van der Waals surface area contributed by atoms with Crippen molar-refractivity contribution in [2.75, 3.05) is 13.1 Å². The van der Waals surface area contributed by atoms with Gasteiger partial charge in [-0.3, -0.25) is 4.90 Å². The summed E-state index contributed by atoms with van der Waals surface area (Å²) in [5, 5.41) is 0.628. The Labute approximate surface area is 182 Å². The average Bonchev–Trinajstić information content (AvgIpc) is 3.20. The summed E-state index contributed by atoms with van der Waals surface area (Å²) in [6, 6.07) is 15.9. The molecule has 0 bridgehead atoms. The topological polar surface area (TPSA) is 26.6 Å². The van der Waals surface area contributed by atoms with Crippen molar-refractivity contribution >= 4 is 11.6 Å². The van der Waals surface area contributed by atoms with E-state index >= 15 is 0 Å². The van der Waals surface area contributed by atoms with Crippen LogP contribution in [0.3, 0.4) is 0 Å². The lowest BCUT2D eigenvalue weighted by Gasteiger charge is -2.45. The first-order valence-corrected chi connectivity index (χ1v) is 10.4. The van der Waals surface area contributed by atoms with Crippen LogP contribution in [0.2, 0.25) is 5.02 Å². The fraction of sp³-hybridized carbons (Fsp3) is 0.304. The number of halogens is 4. The summed E-state index contributed by atoms with van der Waals surface area (Å²) in [7, 11) is 0. The molecule has 3 aromatic rings. The Balaban J connectivity index is 1.32. The van der Waals surface area contributed by atoms with Gasteiger partial charge in [0.05, 0.1) is 11.4 Å². The second-order valence-electron chi connectivity index (χ2n) is 7.94. The van der Waals surface area contributed by atoms with E-state index in [-0.39, 0.29) is 5.75 Å². The molecule has 1 spiro atoms. The molecule has 31 heavy (non-hydrogen) atoms. The van der Waals surface area contributed by atoms with Crippen molar-refractivity contribution in [3.05, 3.63) is 77.1 Å². The van der Waals surface area contributed by atoms with Crippen LogP contribution in [0.25, 0.3) is 5.69 Å². The minimum Gasteiger partial charge on any atom is -0.479 e. The number of nitrogens with zero attached hydrogens (tertiary/aromatic N) is 2. The zero-order valence-electron chi connectivity index (χ0n) is 16.5. The van der Waals surface area contributed by atoms with Crippen molar-refractivity contribution in [2.24, 2.45) is 0 Å². The van der Waals surface area contributed by atoms with Crippen LogP contribution < -0.4 is 9.47 Å². The predicted molar refractivity (Wildman–Crippen MR) is 111 cm³/mol. The summed E-state index contributed by atoms with van der Waals surface area (Å²) < 4.78 is 50.2. The molecule has 1 saturated heterocycles. The van der Waals surface area contributed by atoms with E-state index in [1.165, 1.54) is 12.1 Å². The van der Waals surface area contributed by atoms with Gasteiger partial charge in [0.25, 0.3) is 0 Å².